The molecule has 3 atom stereocenters. The van der Waals surface area contributed by atoms with Crippen LogP contribution in [0.4, 0.5) is 0 Å². The fourth-order valence-electron chi connectivity index (χ4n) is 6.84. The Morgan fingerprint density at radius 2 is 1.67 bits per heavy atom. The summed E-state index contributed by atoms with van der Waals surface area (Å²) in [6, 6.07) is 0. The smallest absolute Gasteiger partial charge is 0.223 e. The van der Waals surface area contributed by atoms with Gasteiger partial charge < -0.3 is 27.3 Å². The van der Waals surface area contributed by atoms with Gasteiger partial charge in [0.1, 0.15) is 12.6 Å². The third kappa shape index (κ3) is 4.25. The molecular weight excluding hydrogens is 324 g/mol. The van der Waals surface area contributed by atoms with E-state index in [0.717, 1.165) is 25.2 Å². The highest BCUT2D eigenvalue weighted by Crippen LogP contribution is 2.66. The number of likely N-dealkylation sites (N-methyl/N-ethyl adjacent to an activating group) is 1. The van der Waals surface area contributed by atoms with Crippen LogP contribution in [-0.2, 0) is 4.79 Å². The standard InChI is InChI=1S/C19H34N2O2.ClH/c1-17-7-14-8-18(2,11-17)13-19(9-14,12-17)20-16(23)6-15(22)10-21(3,4)5;/h14-15,22H,6-13H2,1-5H3;1H/t14?,15-,17?,18?,19?;/m1./s1. The molecule has 0 aliphatic heterocycles. The van der Waals surface area contributed by atoms with E-state index >= 15 is 0 Å². The van der Waals surface area contributed by atoms with E-state index in [9.17, 15) is 9.90 Å². The van der Waals surface area contributed by atoms with Crippen molar-refractivity contribution in [3.63, 3.8) is 0 Å². The topological polar surface area (TPSA) is 49.3 Å². The summed E-state index contributed by atoms with van der Waals surface area (Å²) >= 11 is 0. The van der Waals surface area contributed by atoms with Crippen molar-refractivity contribution < 1.29 is 26.8 Å². The molecule has 4 nitrogen and oxygen atoms in total. The first-order valence-electron chi connectivity index (χ1n) is 9.20. The average Bonchev–Trinajstić information content (AvgIpc) is 2.17. The molecule has 4 saturated carbocycles. The first-order chi connectivity index (χ1) is 10.4. The zero-order chi connectivity index (χ0) is 17.1. The molecule has 4 aliphatic carbocycles. The summed E-state index contributed by atoms with van der Waals surface area (Å²) in [5, 5.41) is 13.6. The van der Waals surface area contributed by atoms with Crippen LogP contribution in [-0.4, -0.2) is 54.8 Å². The molecule has 1 amide bonds. The van der Waals surface area contributed by atoms with Gasteiger partial charge in [0.15, 0.2) is 0 Å². The van der Waals surface area contributed by atoms with Crippen LogP contribution < -0.4 is 17.7 Å². The molecule has 0 aromatic rings. The van der Waals surface area contributed by atoms with Crippen LogP contribution in [0, 0.1) is 16.7 Å². The van der Waals surface area contributed by atoms with Crippen LogP contribution in [0.15, 0.2) is 0 Å². The van der Waals surface area contributed by atoms with Gasteiger partial charge in [0.05, 0.1) is 27.6 Å². The van der Waals surface area contributed by atoms with E-state index in [4.69, 9.17) is 0 Å². The van der Waals surface area contributed by atoms with Crippen LogP contribution in [0.3, 0.4) is 0 Å². The van der Waals surface area contributed by atoms with E-state index in [1.54, 1.807) is 0 Å². The SMILES string of the molecule is CC12CC3CC(C)(C1)CC(NC(=O)C[C@@H](O)C[N+](C)(C)C)(C3)C2.[Cl-]. The van der Waals surface area contributed by atoms with Gasteiger partial charge in [-0.05, 0) is 55.3 Å². The summed E-state index contributed by atoms with van der Waals surface area (Å²) in [5.74, 6) is 0.817. The molecule has 24 heavy (non-hydrogen) atoms. The summed E-state index contributed by atoms with van der Waals surface area (Å²) < 4.78 is 0.678. The maximum atomic E-state index is 12.6. The number of carbonyl (C=O) groups excluding carboxylic acids is 1. The van der Waals surface area contributed by atoms with Crippen molar-refractivity contribution in [2.24, 2.45) is 16.7 Å². The number of nitrogens with zero attached hydrogens (tertiary/aromatic N) is 1. The van der Waals surface area contributed by atoms with Crippen molar-refractivity contribution >= 4 is 5.91 Å². The molecule has 2 unspecified atom stereocenters. The molecule has 0 aromatic carbocycles. The maximum absolute atomic E-state index is 12.6. The molecule has 4 fully saturated rings. The summed E-state index contributed by atoms with van der Waals surface area (Å²) in [5.41, 5.74) is 0.807. The Hall–Kier alpha value is -0.320. The number of carbonyl (C=O) groups is 1. The summed E-state index contributed by atoms with van der Waals surface area (Å²) in [6.45, 7) is 5.45. The van der Waals surface area contributed by atoms with Crippen molar-refractivity contribution in [2.75, 3.05) is 27.7 Å². The number of aliphatic hydroxyl groups is 1. The van der Waals surface area contributed by atoms with Crippen molar-refractivity contribution in [3.05, 3.63) is 0 Å². The van der Waals surface area contributed by atoms with Gasteiger partial charge >= 0.3 is 0 Å². The van der Waals surface area contributed by atoms with Gasteiger partial charge in [0.25, 0.3) is 0 Å². The van der Waals surface area contributed by atoms with E-state index in [1.165, 1.54) is 19.3 Å². The molecule has 5 heteroatoms. The van der Waals surface area contributed by atoms with E-state index in [1.807, 2.05) is 21.1 Å². The molecule has 0 aromatic heterocycles. The van der Waals surface area contributed by atoms with Gasteiger partial charge in [-0.1, -0.05) is 13.8 Å². The lowest BCUT2D eigenvalue weighted by Gasteiger charge is -2.65. The normalized spacial score (nSPS) is 41.7. The average molecular weight is 359 g/mol. The zero-order valence-electron chi connectivity index (χ0n) is 16.0. The predicted molar refractivity (Wildman–Crippen MR) is 91.8 cm³/mol. The van der Waals surface area contributed by atoms with Crippen LogP contribution in [0.2, 0.25) is 0 Å². The van der Waals surface area contributed by atoms with Crippen molar-refractivity contribution in [1.29, 1.82) is 0 Å². The molecule has 0 spiro atoms. The number of hydrogen-bond acceptors (Lipinski definition) is 2. The molecule has 0 heterocycles. The van der Waals surface area contributed by atoms with E-state index in [2.05, 4.69) is 19.2 Å². The Bertz CT molecular complexity index is 484. The minimum Gasteiger partial charge on any atom is -1.00 e. The van der Waals surface area contributed by atoms with Gasteiger partial charge in [-0.25, -0.2) is 0 Å². The number of amides is 1. The minimum atomic E-state index is -0.560. The largest absolute Gasteiger partial charge is 1.00 e. The van der Waals surface area contributed by atoms with Gasteiger partial charge in [0.2, 0.25) is 5.91 Å². The Labute approximate surface area is 153 Å². The van der Waals surface area contributed by atoms with E-state index in [0.29, 0.717) is 21.9 Å². The molecule has 0 radical (unpaired) electrons. The highest BCUT2D eigenvalue weighted by atomic mass is 35.5. The second-order valence-corrected chi connectivity index (χ2v) is 10.8. The third-order valence-electron chi connectivity index (χ3n) is 6.21. The summed E-state index contributed by atoms with van der Waals surface area (Å²) in [6.07, 6.45) is 7.07. The van der Waals surface area contributed by atoms with E-state index in [-0.39, 0.29) is 30.3 Å². The number of halogens is 1. The number of quaternary nitrogens is 1. The van der Waals surface area contributed by atoms with Crippen LogP contribution in [0.5, 0.6) is 0 Å². The number of rotatable bonds is 5. The van der Waals surface area contributed by atoms with Crippen LogP contribution in [0.25, 0.3) is 0 Å². The monoisotopic (exact) mass is 358 g/mol. The van der Waals surface area contributed by atoms with Crippen LogP contribution in [0.1, 0.15) is 58.8 Å². The molecule has 4 rings (SSSR count). The lowest BCUT2D eigenvalue weighted by molar-refractivity contribution is -0.873. The highest BCUT2D eigenvalue weighted by Gasteiger charge is 2.60. The highest BCUT2D eigenvalue weighted by molar-refractivity contribution is 5.77. The van der Waals surface area contributed by atoms with Gasteiger partial charge in [-0.3, -0.25) is 4.79 Å². The minimum absolute atomic E-state index is 0. The number of aliphatic hydroxyl groups excluding tert-OH is 1. The second-order valence-electron chi connectivity index (χ2n) is 10.8. The van der Waals surface area contributed by atoms with Crippen molar-refractivity contribution in [1.82, 2.24) is 5.32 Å². The third-order valence-corrected chi connectivity index (χ3v) is 6.21. The van der Waals surface area contributed by atoms with Crippen molar-refractivity contribution in [2.45, 2.75) is 70.4 Å². The Kier molecular flexibility index (Phi) is 5.11. The molecule has 0 saturated heterocycles. The van der Waals surface area contributed by atoms with Crippen LogP contribution >= 0.6 is 0 Å². The van der Waals surface area contributed by atoms with Gasteiger partial charge in [-0.15, -0.1) is 0 Å². The Morgan fingerprint density at radius 3 is 2.12 bits per heavy atom. The van der Waals surface area contributed by atoms with E-state index < -0.39 is 6.10 Å². The fourth-order valence-corrected chi connectivity index (χ4v) is 6.84. The lowest BCUT2D eigenvalue weighted by Crippen LogP contribution is -3.00. The lowest BCUT2D eigenvalue weighted by atomic mass is 9.43. The molecule has 4 bridgehead atoms. The molecular formula is C19H35ClN2O2. The fraction of sp³-hybridized carbons (Fsp3) is 0.947. The van der Waals surface area contributed by atoms with Gasteiger partial charge in [-0.2, -0.15) is 0 Å². The maximum Gasteiger partial charge on any atom is 0.223 e. The predicted octanol–water partition coefficient (Wildman–Crippen LogP) is -0.687. The zero-order valence-corrected chi connectivity index (χ0v) is 16.7. The quantitative estimate of drug-likeness (QED) is 0.639. The Balaban J connectivity index is 0.00000208. The summed E-state index contributed by atoms with van der Waals surface area (Å²) in [7, 11) is 6.13. The second kappa shape index (κ2) is 6.14. The Morgan fingerprint density at radius 1 is 1.12 bits per heavy atom. The molecule has 140 valence electrons. The number of hydrogen-bond donors (Lipinski definition) is 2. The summed E-state index contributed by atoms with van der Waals surface area (Å²) in [4.78, 5) is 12.6. The van der Waals surface area contributed by atoms with Gasteiger partial charge in [0, 0.05) is 5.54 Å². The molecule has 4 aliphatic rings. The first kappa shape index (κ1) is 20.0. The first-order valence-corrected chi connectivity index (χ1v) is 9.20. The number of nitrogens with one attached hydrogen (secondary N) is 1. The van der Waals surface area contributed by atoms with Crippen molar-refractivity contribution in [3.8, 4) is 0 Å². The molecule has 2 N–H and O–H groups in total.